The molecule has 252 valence electrons. The Morgan fingerprint density at radius 1 is 0.659 bits per heavy atom. The summed E-state index contributed by atoms with van der Waals surface area (Å²) in [5.74, 6) is -0.472. The lowest BCUT2D eigenvalue weighted by Crippen LogP contribution is -2.24. The Morgan fingerprint density at radius 3 is 1.30 bits per heavy atom. The van der Waals surface area contributed by atoms with Gasteiger partial charge in [-0.3, -0.25) is 4.79 Å². The Kier molecular flexibility index (Phi) is 18.5. The minimum Gasteiger partial charge on any atom is -0.507 e. The number of nitrogens with two attached hydrogens (primary N) is 1. The number of rotatable bonds is 10. The molecule has 0 unspecified atom stereocenters. The maximum atomic E-state index is 12.9. The fourth-order valence-corrected chi connectivity index (χ4v) is 4.22. The molecule has 0 radical (unpaired) electrons. The summed E-state index contributed by atoms with van der Waals surface area (Å²) in [6.07, 6.45) is -6.58. The molecule has 0 aromatic heterocycles. The van der Waals surface area contributed by atoms with E-state index < -0.39 is 46.5 Å². The van der Waals surface area contributed by atoms with E-state index >= 15 is 0 Å². The van der Waals surface area contributed by atoms with Gasteiger partial charge in [-0.25, -0.2) is 5.90 Å². The van der Waals surface area contributed by atoms with Gasteiger partial charge in [0.25, 0.3) is 5.78 Å². The molecule has 0 saturated carbocycles. The minimum absolute atomic E-state index is 0. The average molecular weight is 665 g/mol. The predicted molar refractivity (Wildman–Crippen MR) is 154 cm³/mol. The largest absolute Gasteiger partial charge is 0.507 e. The van der Waals surface area contributed by atoms with Gasteiger partial charge in [-0.2, -0.15) is 26.3 Å². The van der Waals surface area contributed by atoms with Crippen molar-refractivity contribution in [2.45, 2.75) is 91.4 Å². The lowest BCUT2D eigenvalue weighted by molar-refractivity contribution is -0.0886. The maximum Gasteiger partial charge on any atom is 0.455 e. The molecule has 9 nitrogen and oxygen atoms in total. The molecule has 2 rings (SSSR count). The van der Waals surface area contributed by atoms with Crippen LogP contribution in [0.4, 0.5) is 26.3 Å². The van der Waals surface area contributed by atoms with Crippen molar-refractivity contribution in [1.29, 1.82) is 0 Å². The van der Waals surface area contributed by atoms with Gasteiger partial charge in [-0.15, -0.1) is 12.4 Å². The van der Waals surface area contributed by atoms with Gasteiger partial charge in [-0.1, -0.05) is 58.5 Å². The summed E-state index contributed by atoms with van der Waals surface area (Å²) in [6.45, 7) is 7.15. The van der Waals surface area contributed by atoms with Crippen LogP contribution in [-0.4, -0.2) is 54.7 Å². The highest BCUT2D eigenvalue weighted by Crippen LogP contribution is 2.40. The van der Waals surface area contributed by atoms with Gasteiger partial charge in [0.15, 0.2) is 5.71 Å². The van der Waals surface area contributed by atoms with Crippen LogP contribution in [0.25, 0.3) is 0 Å². The third-order valence-electron chi connectivity index (χ3n) is 6.06. The molecule has 0 spiro atoms. The monoisotopic (exact) mass is 664 g/mol. The number of benzene rings is 2. The van der Waals surface area contributed by atoms with E-state index in [4.69, 9.17) is 10.4 Å². The van der Waals surface area contributed by atoms with Crippen molar-refractivity contribution in [3.8, 4) is 23.0 Å². The number of nitrogens with zero attached hydrogens (tertiary/aromatic N) is 1. The second kappa shape index (κ2) is 19.1. The first-order valence-electron chi connectivity index (χ1n) is 13.3. The second-order valence-corrected chi connectivity index (χ2v) is 9.29. The van der Waals surface area contributed by atoms with E-state index in [1.807, 2.05) is 6.92 Å². The number of alkyl halides is 6. The molecular formula is C28H39ClF6N2O7. The molecule has 0 aliphatic rings. The maximum absolute atomic E-state index is 12.9. The number of aromatic hydroxyl groups is 4. The molecule has 44 heavy (non-hydrogen) atoms. The average Bonchev–Trinajstić information content (AvgIpc) is 2.93. The summed E-state index contributed by atoms with van der Waals surface area (Å²) in [7, 11) is 0. The molecule has 0 amide bonds. The summed E-state index contributed by atoms with van der Waals surface area (Å²) in [5, 5.41) is 57.3. The SMILES string of the molecule is CCCc1cc(/C(=N\O)C(F)(F)F)c(O)c(CCC)c1O.CCCc1cc(C(=O)C(F)(F)F)c(O)c(CCC)c1O.Cl.NO. The van der Waals surface area contributed by atoms with Crippen LogP contribution in [0.1, 0.15) is 91.6 Å². The Bertz CT molecular complexity index is 1250. The zero-order chi connectivity index (χ0) is 33.7. The first-order chi connectivity index (χ1) is 20.0. The summed E-state index contributed by atoms with van der Waals surface area (Å²) in [5.41, 5.74) is -2.39. The molecule has 0 aliphatic carbocycles. The van der Waals surface area contributed by atoms with E-state index in [1.165, 1.54) is 0 Å². The fourth-order valence-electron chi connectivity index (χ4n) is 4.22. The molecule has 2 aromatic rings. The van der Waals surface area contributed by atoms with E-state index in [1.54, 1.807) is 20.8 Å². The van der Waals surface area contributed by atoms with Crippen LogP contribution < -0.4 is 5.90 Å². The molecule has 8 N–H and O–H groups in total. The van der Waals surface area contributed by atoms with Crippen LogP contribution in [0.3, 0.4) is 0 Å². The summed E-state index contributed by atoms with van der Waals surface area (Å²) in [4.78, 5) is 11.3. The molecule has 0 heterocycles. The number of hydrogen-bond donors (Lipinski definition) is 7. The number of phenols is 4. The van der Waals surface area contributed by atoms with Crippen molar-refractivity contribution in [2.75, 3.05) is 0 Å². The molecule has 2 aromatic carbocycles. The normalized spacial score (nSPS) is 11.5. The third-order valence-corrected chi connectivity index (χ3v) is 6.06. The number of phenolic OH excluding ortho intramolecular Hbond substituents is 4. The Balaban J connectivity index is 0. The van der Waals surface area contributed by atoms with Crippen LogP contribution >= 0.6 is 12.4 Å². The number of carbonyl (C=O) groups excluding carboxylic acids is 1. The molecule has 0 aliphatic heterocycles. The van der Waals surface area contributed by atoms with Crippen LogP contribution in [0, 0.1) is 0 Å². The quantitative estimate of drug-likeness (QED) is 0.0457. The lowest BCUT2D eigenvalue weighted by atomic mass is 9.94. The van der Waals surface area contributed by atoms with Gasteiger partial charge < -0.3 is 30.8 Å². The second-order valence-electron chi connectivity index (χ2n) is 9.29. The van der Waals surface area contributed by atoms with Crippen LogP contribution in [0.15, 0.2) is 17.3 Å². The Hall–Kier alpha value is -3.43. The number of ketones is 1. The van der Waals surface area contributed by atoms with Gasteiger partial charge in [-0.05, 0) is 48.9 Å². The van der Waals surface area contributed by atoms with Crippen molar-refractivity contribution >= 4 is 23.9 Å². The molecule has 0 saturated heterocycles. The highest BCUT2D eigenvalue weighted by molar-refractivity contribution is 6.07. The topological polar surface area (TPSA) is 177 Å². The summed E-state index contributed by atoms with van der Waals surface area (Å²) < 4.78 is 76.2. The van der Waals surface area contributed by atoms with Crippen molar-refractivity contribution in [1.82, 2.24) is 0 Å². The number of aryl methyl sites for hydroxylation is 2. The fraction of sp³-hybridized carbons (Fsp3) is 0.500. The van der Waals surface area contributed by atoms with E-state index in [2.05, 4.69) is 11.1 Å². The van der Waals surface area contributed by atoms with E-state index in [0.29, 0.717) is 44.1 Å². The van der Waals surface area contributed by atoms with Gasteiger partial charge >= 0.3 is 12.4 Å². The highest BCUT2D eigenvalue weighted by Gasteiger charge is 2.42. The van der Waals surface area contributed by atoms with E-state index in [-0.39, 0.29) is 53.4 Å². The van der Waals surface area contributed by atoms with E-state index in [0.717, 1.165) is 12.1 Å². The van der Waals surface area contributed by atoms with Crippen molar-refractivity contribution in [3.05, 3.63) is 45.5 Å². The van der Waals surface area contributed by atoms with Crippen LogP contribution in [0.2, 0.25) is 0 Å². The first-order valence-corrected chi connectivity index (χ1v) is 13.3. The highest BCUT2D eigenvalue weighted by atomic mass is 35.5. The number of oxime groups is 1. The van der Waals surface area contributed by atoms with E-state index in [9.17, 15) is 51.6 Å². The molecule has 0 atom stereocenters. The minimum atomic E-state index is -5.05. The zero-order valence-corrected chi connectivity index (χ0v) is 25.4. The lowest BCUT2D eigenvalue weighted by Gasteiger charge is -2.17. The number of hydrogen-bond acceptors (Lipinski definition) is 9. The van der Waals surface area contributed by atoms with Gasteiger partial charge in [0.2, 0.25) is 0 Å². The first kappa shape index (κ1) is 42.7. The summed E-state index contributed by atoms with van der Waals surface area (Å²) >= 11 is 0. The zero-order valence-electron chi connectivity index (χ0n) is 24.6. The van der Waals surface area contributed by atoms with Gasteiger partial charge in [0.1, 0.15) is 23.0 Å². The number of carbonyl (C=O) groups is 1. The Morgan fingerprint density at radius 2 is 1.00 bits per heavy atom. The molecule has 0 bridgehead atoms. The number of halogens is 7. The predicted octanol–water partition coefficient (Wildman–Crippen LogP) is 7.25. The smallest absolute Gasteiger partial charge is 0.455 e. The molecule has 16 heteroatoms. The van der Waals surface area contributed by atoms with Crippen LogP contribution in [-0.2, 0) is 25.7 Å². The van der Waals surface area contributed by atoms with Crippen molar-refractivity contribution in [3.63, 3.8) is 0 Å². The van der Waals surface area contributed by atoms with Crippen molar-refractivity contribution in [2.24, 2.45) is 11.1 Å². The standard InChI is InChI=1S/C14H18F3NO3.C14H17F3O3.ClH.H3NO/c1-3-5-8-7-10(13(18-21)14(15,16)17)12(20)9(6-4-2)11(8)19;1-3-5-8-7-10(13(20)14(15,16)17)12(19)9(6-4-2)11(8)18;;1-2/h7,19-21H,3-6H2,1-2H3;7,18-19H,3-6H2,1-2H3;1H;2H,1H2/b18-13+;;;. The van der Waals surface area contributed by atoms with Crippen molar-refractivity contribution < 1.29 is 62.0 Å². The van der Waals surface area contributed by atoms with Gasteiger partial charge in [0, 0.05) is 11.1 Å². The molecule has 0 fully saturated rings. The summed E-state index contributed by atoms with van der Waals surface area (Å²) in [6, 6.07) is 1.96. The molecular weight excluding hydrogens is 626 g/mol. The van der Waals surface area contributed by atoms with Gasteiger partial charge in [0.05, 0.1) is 11.1 Å². The number of Topliss-reactive ketones (excluding diaryl/α,β-unsaturated/α-hetero) is 1. The third kappa shape index (κ3) is 10.9. The Labute approximate surface area is 257 Å². The van der Waals surface area contributed by atoms with Crippen LogP contribution in [0.5, 0.6) is 23.0 Å².